The van der Waals surface area contributed by atoms with Crippen LogP contribution in [0.1, 0.15) is 155 Å². The number of aliphatic carboxylic acids is 1. The number of hydrogen-bond acceptors (Lipinski definition) is 9. The van der Waals surface area contributed by atoms with Crippen molar-refractivity contribution in [1.29, 1.82) is 0 Å². The van der Waals surface area contributed by atoms with Crippen LogP contribution in [-0.2, 0) is 37.5 Å². The molecule has 12 heteroatoms. The Balaban J connectivity index is 4.50. The molecule has 0 aromatic carbocycles. The predicted molar refractivity (Wildman–Crippen MR) is 226 cm³/mol. The largest absolute Gasteiger partial charge is 0.480 e. The highest BCUT2D eigenvalue weighted by molar-refractivity contribution is 7.47. The smallest absolute Gasteiger partial charge is 0.472 e. The molecule has 0 aliphatic rings. The molecule has 0 spiro atoms. The summed E-state index contributed by atoms with van der Waals surface area (Å²) in [7, 11) is -4.73. The molecule has 0 heterocycles. The Morgan fingerprint density at radius 1 is 0.571 bits per heavy atom. The third-order valence-electron chi connectivity index (χ3n) is 8.44. The lowest BCUT2D eigenvalue weighted by Gasteiger charge is -2.20. The summed E-state index contributed by atoms with van der Waals surface area (Å²) < 4.78 is 32.6. The molecule has 0 radical (unpaired) electrons. The molecule has 0 aromatic rings. The van der Waals surface area contributed by atoms with Gasteiger partial charge in [0.2, 0.25) is 0 Å². The first-order valence-electron chi connectivity index (χ1n) is 21.0. The number of carboxylic acid groups (broad SMARTS) is 1. The Morgan fingerprint density at radius 2 is 1.04 bits per heavy atom. The van der Waals surface area contributed by atoms with E-state index in [0.717, 1.165) is 83.5 Å². The van der Waals surface area contributed by atoms with E-state index in [1.54, 1.807) is 0 Å². The van der Waals surface area contributed by atoms with Crippen molar-refractivity contribution in [2.45, 2.75) is 167 Å². The van der Waals surface area contributed by atoms with Crippen molar-refractivity contribution in [2.75, 3.05) is 19.8 Å². The molecule has 0 aliphatic heterocycles. The fraction of sp³-hybridized carbons (Fsp3) is 0.659. The van der Waals surface area contributed by atoms with Crippen LogP contribution in [0.4, 0.5) is 0 Å². The minimum absolute atomic E-state index is 0.116. The zero-order valence-corrected chi connectivity index (χ0v) is 35.3. The van der Waals surface area contributed by atoms with Crippen LogP contribution in [0.5, 0.6) is 0 Å². The van der Waals surface area contributed by atoms with Crippen LogP contribution >= 0.6 is 7.82 Å². The van der Waals surface area contributed by atoms with Crippen LogP contribution in [0.2, 0.25) is 0 Å². The monoisotopic (exact) mass is 808 g/mol. The Labute approximate surface area is 338 Å². The number of phosphoric ester groups is 1. The van der Waals surface area contributed by atoms with Crippen molar-refractivity contribution in [2.24, 2.45) is 5.73 Å². The Bertz CT molecular complexity index is 1230. The molecule has 0 saturated heterocycles. The second-order valence-corrected chi connectivity index (χ2v) is 15.2. The highest BCUT2D eigenvalue weighted by atomic mass is 31.2. The summed E-state index contributed by atoms with van der Waals surface area (Å²) in [5.41, 5.74) is 5.32. The first-order chi connectivity index (χ1) is 27.1. The van der Waals surface area contributed by atoms with Crippen LogP contribution < -0.4 is 5.73 Å². The summed E-state index contributed by atoms with van der Waals surface area (Å²) in [5, 5.41) is 8.88. The lowest BCUT2D eigenvalue weighted by Crippen LogP contribution is -2.34. The fourth-order valence-electron chi connectivity index (χ4n) is 5.10. The quantitative estimate of drug-likeness (QED) is 0.0178. The van der Waals surface area contributed by atoms with Gasteiger partial charge in [0.15, 0.2) is 6.10 Å². The van der Waals surface area contributed by atoms with E-state index < -0.39 is 51.1 Å². The number of carboxylic acids is 1. The second-order valence-electron chi connectivity index (χ2n) is 13.8. The number of hydrogen-bond donors (Lipinski definition) is 3. The van der Waals surface area contributed by atoms with Gasteiger partial charge in [-0.05, 0) is 77.0 Å². The first kappa shape index (κ1) is 52.9. The van der Waals surface area contributed by atoms with Crippen molar-refractivity contribution < 1.29 is 47.5 Å². The maximum Gasteiger partial charge on any atom is 0.472 e. The molecule has 0 amide bonds. The van der Waals surface area contributed by atoms with Gasteiger partial charge >= 0.3 is 25.7 Å². The number of carbonyl (C=O) groups excluding carboxylic acids is 2. The van der Waals surface area contributed by atoms with Gasteiger partial charge in [0.1, 0.15) is 12.6 Å². The van der Waals surface area contributed by atoms with Crippen LogP contribution in [-0.4, -0.2) is 59.9 Å². The number of unbranched alkanes of at least 4 members (excludes halogenated alkanes) is 13. The number of phosphoric acid groups is 1. The van der Waals surface area contributed by atoms with Crippen molar-refractivity contribution in [3.8, 4) is 0 Å². The highest BCUT2D eigenvalue weighted by Gasteiger charge is 2.28. The van der Waals surface area contributed by atoms with Gasteiger partial charge in [0, 0.05) is 12.8 Å². The van der Waals surface area contributed by atoms with Gasteiger partial charge in [0.25, 0.3) is 0 Å². The second kappa shape index (κ2) is 38.8. The highest BCUT2D eigenvalue weighted by Crippen LogP contribution is 2.43. The van der Waals surface area contributed by atoms with Crippen molar-refractivity contribution in [1.82, 2.24) is 0 Å². The molecule has 320 valence electrons. The molecule has 0 fully saturated rings. The fourth-order valence-corrected chi connectivity index (χ4v) is 5.88. The average molecular weight is 808 g/mol. The van der Waals surface area contributed by atoms with E-state index in [2.05, 4.69) is 91.3 Å². The van der Waals surface area contributed by atoms with Gasteiger partial charge < -0.3 is 25.2 Å². The number of nitrogens with two attached hydrogens (primary N) is 1. The van der Waals surface area contributed by atoms with Crippen LogP contribution in [0.15, 0.2) is 72.9 Å². The Hall–Kier alpha value is -3.08. The molecule has 0 bridgehead atoms. The predicted octanol–water partition coefficient (Wildman–Crippen LogP) is 10.9. The summed E-state index contributed by atoms with van der Waals surface area (Å²) in [6, 6.07) is -1.53. The molecular weight excluding hydrogens is 733 g/mol. The van der Waals surface area contributed by atoms with E-state index in [0.29, 0.717) is 12.8 Å². The molecule has 11 nitrogen and oxygen atoms in total. The number of esters is 2. The first-order valence-corrected chi connectivity index (χ1v) is 22.5. The number of carbonyl (C=O) groups is 3. The Morgan fingerprint density at radius 3 is 1.61 bits per heavy atom. The van der Waals surface area contributed by atoms with E-state index in [4.69, 9.17) is 24.8 Å². The minimum atomic E-state index is -4.73. The van der Waals surface area contributed by atoms with Crippen molar-refractivity contribution >= 4 is 25.7 Å². The molecule has 0 saturated carbocycles. The summed E-state index contributed by atoms with van der Waals surface area (Å²) in [6.45, 7) is 2.64. The average Bonchev–Trinajstić information content (AvgIpc) is 3.17. The summed E-state index contributed by atoms with van der Waals surface area (Å²) >= 11 is 0. The number of rotatable bonds is 38. The zero-order valence-electron chi connectivity index (χ0n) is 34.4. The van der Waals surface area contributed by atoms with E-state index in [-0.39, 0.29) is 19.4 Å². The lowest BCUT2D eigenvalue weighted by molar-refractivity contribution is -0.161. The van der Waals surface area contributed by atoms with Crippen LogP contribution in [0.3, 0.4) is 0 Å². The van der Waals surface area contributed by atoms with Crippen molar-refractivity contribution in [3.63, 3.8) is 0 Å². The maximum absolute atomic E-state index is 12.6. The number of allylic oxidation sites excluding steroid dienone is 12. The third-order valence-corrected chi connectivity index (χ3v) is 9.39. The normalized spacial score (nSPS) is 14.5. The molecule has 0 aliphatic carbocycles. The zero-order chi connectivity index (χ0) is 41.4. The summed E-state index contributed by atoms with van der Waals surface area (Å²) in [5.74, 6) is -2.45. The topological polar surface area (TPSA) is 172 Å². The van der Waals surface area contributed by atoms with Crippen LogP contribution in [0.25, 0.3) is 0 Å². The molecular formula is C44H74NO10P. The van der Waals surface area contributed by atoms with Gasteiger partial charge in [-0.1, -0.05) is 138 Å². The lowest BCUT2D eigenvalue weighted by atomic mass is 10.1. The van der Waals surface area contributed by atoms with E-state index >= 15 is 0 Å². The third kappa shape index (κ3) is 37.8. The number of ether oxygens (including phenoxy) is 2. The van der Waals surface area contributed by atoms with Crippen LogP contribution in [0, 0.1) is 0 Å². The molecule has 1 unspecified atom stereocenters. The van der Waals surface area contributed by atoms with Gasteiger partial charge in [-0.3, -0.25) is 23.4 Å². The van der Waals surface area contributed by atoms with E-state index in [9.17, 15) is 23.8 Å². The molecule has 3 atom stereocenters. The standard InChI is InChI=1S/C44H74NO10P/c1-3-5-7-9-11-13-15-17-19-20-22-24-26-28-30-32-34-36-43(47)55-40(38-53-56(50,51)54-39-41(45)44(48)49)37-52-42(46)35-33-31-29-27-25-23-21-18-16-14-12-10-8-6-4-2/h7,9,13-16,18-21,24,26,40-41H,3-6,8,10-12,17,22-23,25,27-39,45H2,1-2H3,(H,48,49)(H,50,51)/b9-7+,15-13+,16-14+,20-19+,21-18+,26-24+/t40-,41+/m1/s1. The molecule has 0 rings (SSSR count). The molecule has 4 N–H and O–H groups in total. The summed E-state index contributed by atoms with van der Waals surface area (Å²) in [4.78, 5) is 45.9. The van der Waals surface area contributed by atoms with E-state index in [1.165, 1.54) is 32.1 Å². The molecule has 0 aromatic heterocycles. The Kier molecular flexibility index (Phi) is 36.6. The SMILES string of the molecule is CCC/C=C/C/C=C/C/C=C/C/C=C/CCCCCC(=O)O[C@H](COC(=O)CCCCCCC/C=C/C=C/CCCCCC)COP(=O)(O)OC[C@H](N)C(=O)O. The maximum atomic E-state index is 12.6. The minimum Gasteiger partial charge on any atom is -0.480 e. The van der Waals surface area contributed by atoms with Gasteiger partial charge in [0.05, 0.1) is 13.2 Å². The molecule has 56 heavy (non-hydrogen) atoms. The van der Waals surface area contributed by atoms with Gasteiger partial charge in [-0.25, -0.2) is 4.57 Å². The van der Waals surface area contributed by atoms with Crippen molar-refractivity contribution in [3.05, 3.63) is 72.9 Å². The van der Waals surface area contributed by atoms with E-state index in [1.807, 2.05) is 0 Å². The summed E-state index contributed by atoms with van der Waals surface area (Å²) in [6.07, 6.45) is 45.3. The van der Waals surface area contributed by atoms with Gasteiger partial charge in [-0.15, -0.1) is 0 Å². The van der Waals surface area contributed by atoms with Gasteiger partial charge in [-0.2, -0.15) is 0 Å².